The van der Waals surface area contributed by atoms with Gasteiger partial charge in [0.15, 0.2) is 0 Å². The van der Waals surface area contributed by atoms with Gasteiger partial charge in [0.2, 0.25) is 0 Å². The van der Waals surface area contributed by atoms with Crippen LogP contribution in [-0.4, -0.2) is 38.3 Å². The Bertz CT molecular complexity index is 1150. The van der Waals surface area contributed by atoms with Crippen LogP contribution in [0.15, 0.2) is 60.7 Å². The fourth-order valence-corrected chi connectivity index (χ4v) is 3.70. The first-order valence-electron chi connectivity index (χ1n) is 10.9. The van der Waals surface area contributed by atoms with E-state index in [0.29, 0.717) is 49.1 Å². The van der Waals surface area contributed by atoms with E-state index in [1.807, 2.05) is 18.2 Å². The maximum Gasteiger partial charge on any atom is 0.322 e. The monoisotopic (exact) mass is 466 g/mol. The minimum Gasteiger partial charge on any atom is -0.497 e. The predicted octanol–water partition coefficient (Wildman–Crippen LogP) is 4.99. The zero-order valence-electron chi connectivity index (χ0n) is 19.2. The number of rotatable bonds is 7. The third-order valence-corrected chi connectivity index (χ3v) is 5.53. The van der Waals surface area contributed by atoms with Gasteiger partial charge < -0.3 is 29.2 Å². The average Bonchev–Trinajstić information content (AvgIpc) is 3.07. The van der Waals surface area contributed by atoms with E-state index < -0.39 is 0 Å². The lowest BCUT2D eigenvalue weighted by molar-refractivity contribution is 0.105. The molecule has 1 N–H and O–H groups in total. The number of carbonyl (C=O) groups is 1. The van der Waals surface area contributed by atoms with E-state index in [1.54, 1.807) is 48.4 Å². The topological polar surface area (TPSA) is 69.3 Å². The molecule has 1 heterocycles. The minimum atomic E-state index is -0.284. The Morgan fingerprint density at radius 3 is 2.71 bits per heavy atom. The lowest BCUT2D eigenvalue weighted by atomic mass is 10.1. The van der Waals surface area contributed by atoms with Crippen LogP contribution in [0.4, 0.5) is 14.9 Å². The Balaban J connectivity index is 1.41. The molecule has 0 fully saturated rings. The number of fused-ring (bicyclic) bond motifs is 1. The van der Waals surface area contributed by atoms with Crippen molar-refractivity contribution in [1.29, 1.82) is 0 Å². The first-order chi connectivity index (χ1) is 16.6. The van der Waals surface area contributed by atoms with Gasteiger partial charge in [-0.15, -0.1) is 0 Å². The summed E-state index contributed by atoms with van der Waals surface area (Å²) >= 11 is 0. The van der Waals surface area contributed by atoms with Crippen LogP contribution in [-0.2, 0) is 24.5 Å². The second-order valence-corrected chi connectivity index (χ2v) is 7.79. The summed E-state index contributed by atoms with van der Waals surface area (Å²) in [7, 11) is 3.11. The molecule has 178 valence electrons. The molecule has 0 spiro atoms. The number of hydrogen-bond acceptors (Lipinski definition) is 5. The van der Waals surface area contributed by atoms with Gasteiger partial charge in [-0.2, -0.15) is 0 Å². The summed E-state index contributed by atoms with van der Waals surface area (Å²) in [5.41, 5.74) is 2.85. The molecule has 0 aromatic heterocycles. The Labute approximate surface area is 198 Å². The Hall–Kier alpha value is -3.78. The smallest absolute Gasteiger partial charge is 0.322 e. The van der Waals surface area contributed by atoms with Crippen molar-refractivity contribution in [3.63, 3.8) is 0 Å². The van der Waals surface area contributed by atoms with Crippen molar-refractivity contribution in [3.05, 3.63) is 83.2 Å². The number of benzene rings is 3. The first-order valence-corrected chi connectivity index (χ1v) is 10.9. The summed E-state index contributed by atoms with van der Waals surface area (Å²) in [5, 5.41) is 2.90. The summed E-state index contributed by atoms with van der Waals surface area (Å²) < 4.78 is 35.9. The highest BCUT2D eigenvalue weighted by Crippen LogP contribution is 2.30. The van der Waals surface area contributed by atoms with E-state index >= 15 is 0 Å². The van der Waals surface area contributed by atoms with Gasteiger partial charge in [0.25, 0.3) is 0 Å². The molecule has 0 aliphatic carbocycles. The van der Waals surface area contributed by atoms with Gasteiger partial charge in [0.1, 0.15) is 29.7 Å². The number of methoxy groups -OCH3 is 2. The maximum absolute atomic E-state index is 13.8. The van der Waals surface area contributed by atoms with Crippen LogP contribution >= 0.6 is 0 Å². The van der Waals surface area contributed by atoms with Crippen LogP contribution < -0.4 is 19.5 Å². The number of ether oxygens (including phenoxy) is 4. The maximum atomic E-state index is 13.8. The molecule has 3 aromatic rings. The molecule has 1 aliphatic rings. The number of urea groups is 1. The number of anilines is 1. The molecule has 7 nitrogen and oxygen atoms in total. The zero-order chi connectivity index (χ0) is 23.9. The molecule has 34 heavy (non-hydrogen) atoms. The largest absolute Gasteiger partial charge is 0.497 e. The van der Waals surface area contributed by atoms with Crippen molar-refractivity contribution in [1.82, 2.24) is 4.90 Å². The van der Waals surface area contributed by atoms with Crippen molar-refractivity contribution in [3.8, 4) is 17.2 Å². The molecule has 2 amide bonds. The normalized spacial score (nSPS) is 12.9. The quantitative estimate of drug-likeness (QED) is 0.532. The molecular formula is C26H27FN2O5. The van der Waals surface area contributed by atoms with E-state index in [0.717, 1.165) is 16.9 Å². The fourth-order valence-electron chi connectivity index (χ4n) is 3.70. The van der Waals surface area contributed by atoms with Crippen LogP contribution in [0.2, 0.25) is 0 Å². The number of carbonyl (C=O) groups excluding carboxylic acids is 1. The van der Waals surface area contributed by atoms with Crippen LogP contribution in [0.1, 0.15) is 16.7 Å². The molecule has 8 heteroatoms. The Kier molecular flexibility index (Phi) is 7.49. The molecule has 3 aromatic carbocycles. The number of amides is 2. The molecule has 4 rings (SSSR count). The molecule has 0 atom stereocenters. The summed E-state index contributed by atoms with van der Waals surface area (Å²) in [6.45, 7) is 1.68. The lowest BCUT2D eigenvalue weighted by Gasteiger charge is -2.21. The zero-order valence-corrected chi connectivity index (χ0v) is 19.2. The number of hydrogen-bond donors (Lipinski definition) is 1. The molecule has 0 bridgehead atoms. The van der Waals surface area contributed by atoms with Gasteiger partial charge >= 0.3 is 6.03 Å². The average molecular weight is 467 g/mol. The second kappa shape index (κ2) is 10.9. The van der Waals surface area contributed by atoms with Crippen LogP contribution in [0.3, 0.4) is 0 Å². The predicted molar refractivity (Wildman–Crippen MR) is 126 cm³/mol. The van der Waals surface area contributed by atoms with Gasteiger partial charge in [-0.3, -0.25) is 0 Å². The molecule has 1 aliphatic heterocycles. The van der Waals surface area contributed by atoms with Gasteiger partial charge in [-0.25, -0.2) is 9.18 Å². The highest BCUT2D eigenvalue weighted by molar-refractivity contribution is 5.91. The second-order valence-electron chi connectivity index (χ2n) is 7.79. The molecule has 0 saturated carbocycles. The number of halogens is 1. The Morgan fingerprint density at radius 1 is 1.06 bits per heavy atom. The molecule has 0 saturated heterocycles. The minimum absolute atomic E-state index is 0.179. The third-order valence-electron chi connectivity index (χ3n) is 5.53. The van der Waals surface area contributed by atoms with Crippen molar-refractivity contribution in [2.75, 3.05) is 32.7 Å². The molecule has 0 unspecified atom stereocenters. The fraction of sp³-hybridized carbons (Fsp3) is 0.269. The van der Waals surface area contributed by atoms with Gasteiger partial charge in [0.05, 0.1) is 46.2 Å². The van der Waals surface area contributed by atoms with Crippen LogP contribution in [0.25, 0.3) is 0 Å². The van der Waals surface area contributed by atoms with Crippen LogP contribution in [0.5, 0.6) is 17.2 Å². The van der Waals surface area contributed by atoms with Gasteiger partial charge in [0, 0.05) is 17.2 Å². The van der Waals surface area contributed by atoms with Crippen molar-refractivity contribution in [2.24, 2.45) is 0 Å². The van der Waals surface area contributed by atoms with Gasteiger partial charge in [-0.1, -0.05) is 24.3 Å². The summed E-state index contributed by atoms with van der Waals surface area (Å²) in [4.78, 5) is 14.7. The van der Waals surface area contributed by atoms with E-state index in [-0.39, 0.29) is 18.5 Å². The lowest BCUT2D eigenvalue weighted by Crippen LogP contribution is -2.36. The van der Waals surface area contributed by atoms with E-state index in [9.17, 15) is 9.18 Å². The standard InChI is InChI=1S/C26H27FN2O5/c1-31-21-8-9-23(25(14-21)32-2)28-26(30)29-11-12-34-24-10-7-18(13-20(24)15-29)16-33-17-19-5-3-4-6-22(19)27/h3-10,13-14H,11-12,15-17H2,1-2H3,(H,28,30). The highest BCUT2D eigenvalue weighted by atomic mass is 19.1. The summed E-state index contributed by atoms with van der Waals surface area (Å²) in [6.07, 6.45) is 0. The summed E-state index contributed by atoms with van der Waals surface area (Å²) in [6, 6.07) is 17.2. The Morgan fingerprint density at radius 2 is 1.91 bits per heavy atom. The van der Waals surface area contributed by atoms with Gasteiger partial charge in [-0.05, 0) is 35.9 Å². The highest BCUT2D eigenvalue weighted by Gasteiger charge is 2.21. The molecule has 0 radical (unpaired) electrons. The number of nitrogens with zero attached hydrogens (tertiary/aromatic N) is 1. The first kappa shape index (κ1) is 23.4. The van der Waals surface area contributed by atoms with Crippen LogP contribution in [0, 0.1) is 5.82 Å². The number of nitrogens with one attached hydrogen (secondary N) is 1. The van der Waals surface area contributed by atoms with Crippen molar-refractivity contribution >= 4 is 11.7 Å². The van der Waals surface area contributed by atoms with E-state index in [4.69, 9.17) is 18.9 Å². The summed E-state index contributed by atoms with van der Waals surface area (Å²) in [5.74, 6) is 1.59. The third kappa shape index (κ3) is 5.58. The SMILES string of the molecule is COc1ccc(NC(=O)N2CCOc3ccc(COCc4ccccc4F)cc3C2)c(OC)c1. The van der Waals surface area contributed by atoms with E-state index in [2.05, 4.69) is 5.32 Å². The molecular weight excluding hydrogens is 439 g/mol. The van der Waals surface area contributed by atoms with E-state index in [1.165, 1.54) is 13.2 Å². The van der Waals surface area contributed by atoms with Crippen molar-refractivity contribution < 1.29 is 28.1 Å². The van der Waals surface area contributed by atoms with Crippen molar-refractivity contribution in [2.45, 2.75) is 19.8 Å².